The average Bonchev–Trinajstić information content (AvgIpc) is 2.65. The minimum atomic E-state index is -4.97. The quantitative estimate of drug-likeness (QED) is 0.422. The number of anilines is 1. The van der Waals surface area contributed by atoms with Crippen molar-refractivity contribution in [3.05, 3.63) is 57.6 Å². The maximum Gasteiger partial charge on any atom is 0.418 e. The Morgan fingerprint density at radius 1 is 1.24 bits per heavy atom. The number of phenols is 1. The number of phenolic OH excluding ortho intramolecular Hbond substituents is 1. The van der Waals surface area contributed by atoms with Gasteiger partial charge in [-0.1, -0.05) is 6.07 Å². The van der Waals surface area contributed by atoms with Gasteiger partial charge in [0.25, 0.3) is 11.6 Å². The molecule has 0 heterocycles. The van der Waals surface area contributed by atoms with Crippen molar-refractivity contribution >= 4 is 23.3 Å². The second-order valence-electron chi connectivity index (χ2n) is 5.47. The van der Waals surface area contributed by atoms with E-state index in [1.807, 2.05) is 5.32 Å². The molecule has 154 valence electrons. The molecule has 0 bridgehead atoms. The van der Waals surface area contributed by atoms with Crippen LogP contribution in [0.1, 0.15) is 15.9 Å². The number of nitro groups is 1. The van der Waals surface area contributed by atoms with Crippen molar-refractivity contribution < 1.29 is 42.3 Å². The number of nitrogens with one attached hydrogen (secondary N) is 1. The van der Waals surface area contributed by atoms with Crippen LogP contribution < -0.4 is 10.1 Å². The molecule has 0 aliphatic heterocycles. The van der Waals surface area contributed by atoms with E-state index in [1.54, 1.807) is 0 Å². The molecule has 1 amide bonds. The van der Waals surface area contributed by atoms with Gasteiger partial charge in [0.1, 0.15) is 5.56 Å². The summed E-state index contributed by atoms with van der Waals surface area (Å²) < 4.78 is 48.8. The molecule has 0 unspecified atom stereocenters. The van der Waals surface area contributed by atoms with Crippen LogP contribution in [0.5, 0.6) is 11.5 Å². The zero-order valence-electron chi connectivity index (χ0n) is 14.6. The lowest BCUT2D eigenvalue weighted by atomic mass is 10.1. The largest absolute Gasteiger partial charge is 0.504 e. The third kappa shape index (κ3) is 5.12. The van der Waals surface area contributed by atoms with E-state index < -0.39 is 52.3 Å². The second kappa shape index (κ2) is 8.46. The van der Waals surface area contributed by atoms with Crippen LogP contribution in [0.3, 0.4) is 0 Å². The molecule has 2 aromatic rings. The third-order valence-electron chi connectivity index (χ3n) is 3.57. The molecular formula is C17H13F3N2O7. The first-order valence-electron chi connectivity index (χ1n) is 7.73. The monoisotopic (exact) mass is 414 g/mol. The van der Waals surface area contributed by atoms with Gasteiger partial charge in [-0.25, -0.2) is 4.79 Å². The molecule has 0 spiro atoms. The van der Waals surface area contributed by atoms with Gasteiger partial charge in [0.15, 0.2) is 18.1 Å². The highest BCUT2D eigenvalue weighted by Crippen LogP contribution is 2.37. The van der Waals surface area contributed by atoms with Crippen LogP contribution in [0.25, 0.3) is 0 Å². The number of hydrogen-bond acceptors (Lipinski definition) is 7. The fourth-order valence-electron chi connectivity index (χ4n) is 2.24. The normalized spacial score (nSPS) is 10.9. The van der Waals surface area contributed by atoms with E-state index in [0.717, 1.165) is 6.07 Å². The number of carbonyl (C=O) groups excluding carboxylic acids is 2. The van der Waals surface area contributed by atoms with Gasteiger partial charge in [-0.3, -0.25) is 14.9 Å². The van der Waals surface area contributed by atoms with Crippen molar-refractivity contribution in [3.8, 4) is 11.5 Å². The Kier molecular flexibility index (Phi) is 6.26. The molecule has 0 saturated carbocycles. The minimum absolute atomic E-state index is 0.0235. The van der Waals surface area contributed by atoms with Gasteiger partial charge in [0.05, 0.1) is 23.3 Å². The highest BCUT2D eigenvalue weighted by atomic mass is 19.4. The van der Waals surface area contributed by atoms with Crippen molar-refractivity contribution in [3.63, 3.8) is 0 Å². The lowest BCUT2D eigenvalue weighted by Gasteiger charge is -2.14. The van der Waals surface area contributed by atoms with Crippen molar-refractivity contribution in [2.45, 2.75) is 6.18 Å². The van der Waals surface area contributed by atoms with E-state index in [0.29, 0.717) is 6.07 Å². The minimum Gasteiger partial charge on any atom is -0.504 e. The molecule has 0 fully saturated rings. The van der Waals surface area contributed by atoms with Gasteiger partial charge >= 0.3 is 12.1 Å². The van der Waals surface area contributed by atoms with Gasteiger partial charge in [-0.2, -0.15) is 13.2 Å². The molecule has 9 nitrogen and oxygen atoms in total. The van der Waals surface area contributed by atoms with Crippen LogP contribution in [-0.4, -0.2) is 35.6 Å². The first-order chi connectivity index (χ1) is 13.5. The number of hydrogen-bond donors (Lipinski definition) is 2. The number of rotatable bonds is 6. The standard InChI is InChI=1S/C17H13F3N2O7/c1-28-13-4-2-3-10(15(13)24)16(25)29-8-14(23)21-12-6-5-9(22(26)27)7-11(12)17(18,19)20/h2-7,24H,8H2,1H3,(H,21,23). The Morgan fingerprint density at radius 3 is 2.52 bits per heavy atom. The highest BCUT2D eigenvalue weighted by molar-refractivity contribution is 5.97. The van der Waals surface area contributed by atoms with Crippen molar-refractivity contribution in [2.75, 3.05) is 19.0 Å². The van der Waals surface area contributed by atoms with Crippen LogP contribution in [0.15, 0.2) is 36.4 Å². The Hall–Kier alpha value is -3.83. The summed E-state index contributed by atoms with van der Waals surface area (Å²) in [7, 11) is 1.25. The summed E-state index contributed by atoms with van der Waals surface area (Å²) in [4.78, 5) is 33.5. The number of carbonyl (C=O) groups is 2. The summed E-state index contributed by atoms with van der Waals surface area (Å²) in [6, 6.07) is 5.71. The number of methoxy groups -OCH3 is 1. The van der Waals surface area contributed by atoms with Crippen LogP contribution in [0, 0.1) is 10.1 Å². The number of alkyl halides is 3. The molecule has 0 aromatic heterocycles. The van der Waals surface area contributed by atoms with Crippen molar-refractivity contribution in [1.29, 1.82) is 0 Å². The van der Waals surface area contributed by atoms with E-state index in [4.69, 9.17) is 4.74 Å². The molecule has 0 atom stereocenters. The number of non-ortho nitro benzene ring substituents is 1. The van der Waals surface area contributed by atoms with Gasteiger partial charge in [-0.05, 0) is 18.2 Å². The summed E-state index contributed by atoms with van der Waals surface area (Å²) in [5.74, 6) is -2.80. The fraction of sp³-hybridized carbons (Fsp3) is 0.176. The maximum atomic E-state index is 13.1. The molecule has 0 aliphatic carbocycles. The number of ether oxygens (including phenoxy) is 2. The number of benzene rings is 2. The summed E-state index contributed by atoms with van der Waals surface area (Å²) in [6.45, 7) is -0.968. The Morgan fingerprint density at radius 2 is 1.93 bits per heavy atom. The second-order valence-corrected chi connectivity index (χ2v) is 5.47. The van der Waals surface area contributed by atoms with Gasteiger partial charge < -0.3 is 19.9 Å². The average molecular weight is 414 g/mol. The summed E-state index contributed by atoms with van der Waals surface area (Å²) >= 11 is 0. The van der Waals surface area contributed by atoms with Gasteiger partial charge in [0, 0.05) is 12.1 Å². The first kappa shape index (κ1) is 21.5. The number of esters is 1. The third-order valence-corrected chi connectivity index (χ3v) is 3.57. The zero-order chi connectivity index (χ0) is 21.8. The Bertz CT molecular complexity index is 961. The summed E-state index contributed by atoms with van der Waals surface area (Å²) in [5.41, 5.74) is -3.30. The molecular weight excluding hydrogens is 401 g/mol. The lowest BCUT2D eigenvalue weighted by Crippen LogP contribution is -2.23. The molecule has 12 heteroatoms. The van der Waals surface area contributed by atoms with E-state index in [2.05, 4.69) is 4.74 Å². The zero-order valence-corrected chi connectivity index (χ0v) is 14.6. The Balaban J connectivity index is 2.12. The van der Waals surface area contributed by atoms with E-state index in [1.165, 1.54) is 25.3 Å². The molecule has 0 aliphatic rings. The van der Waals surface area contributed by atoms with Crippen LogP contribution in [-0.2, 0) is 15.7 Å². The number of nitro benzene ring substituents is 1. The van der Waals surface area contributed by atoms with Gasteiger partial charge in [-0.15, -0.1) is 0 Å². The van der Waals surface area contributed by atoms with Crippen LogP contribution in [0.4, 0.5) is 24.5 Å². The number of aromatic hydroxyl groups is 1. The topological polar surface area (TPSA) is 128 Å². The molecule has 2 N–H and O–H groups in total. The molecule has 0 saturated heterocycles. The number of nitrogens with zero attached hydrogens (tertiary/aromatic N) is 1. The summed E-state index contributed by atoms with van der Waals surface area (Å²) in [6.07, 6.45) is -4.97. The van der Waals surface area contributed by atoms with Crippen molar-refractivity contribution in [1.82, 2.24) is 0 Å². The predicted molar refractivity (Wildman–Crippen MR) is 91.7 cm³/mol. The number of amides is 1. The SMILES string of the molecule is COc1cccc(C(=O)OCC(=O)Nc2ccc([N+](=O)[O-])cc2C(F)(F)F)c1O. The number of halogens is 3. The fourth-order valence-corrected chi connectivity index (χ4v) is 2.24. The maximum absolute atomic E-state index is 13.1. The molecule has 2 rings (SSSR count). The summed E-state index contributed by atoms with van der Waals surface area (Å²) in [5, 5.41) is 22.4. The smallest absolute Gasteiger partial charge is 0.418 e. The Labute approximate surface area is 160 Å². The predicted octanol–water partition coefficient (Wildman–Crippen LogP) is 3.12. The van der Waals surface area contributed by atoms with E-state index in [-0.39, 0.29) is 17.4 Å². The van der Waals surface area contributed by atoms with E-state index in [9.17, 15) is 38.0 Å². The number of para-hydroxylation sites is 1. The van der Waals surface area contributed by atoms with Crippen molar-refractivity contribution in [2.24, 2.45) is 0 Å². The molecule has 0 radical (unpaired) electrons. The molecule has 29 heavy (non-hydrogen) atoms. The molecule has 2 aromatic carbocycles. The first-order valence-corrected chi connectivity index (χ1v) is 7.73. The lowest BCUT2D eigenvalue weighted by molar-refractivity contribution is -0.385. The van der Waals surface area contributed by atoms with E-state index >= 15 is 0 Å². The van der Waals surface area contributed by atoms with Crippen LogP contribution in [0.2, 0.25) is 0 Å². The van der Waals surface area contributed by atoms with Crippen LogP contribution >= 0.6 is 0 Å². The van der Waals surface area contributed by atoms with Gasteiger partial charge in [0.2, 0.25) is 0 Å². The highest BCUT2D eigenvalue weighted by Gasteiger charge is 2.35.